The number of benzene rings is 3. The third kappa shape index (κ3) is 2.68. The lowest BCUT2D eigenvalue weighted by Crippen LogP contribution is -2.14. The minimum atomic E-state index is -0.723. The topological polar surface area (TPSA) is 66.0 Å². The molecule has 0 aliphatic heterocycles. The number of nitrogens with zero attached hydrogens (tertiary/aromatic N) is 1. The molecule has 0 saturated carbocycles. The second-order valence-corrected chi connectivity index (χ2v) is 5.86. The quantitative estimate of drug-likeness (QED) is 0.609. The molecule has 4 rings (SSSR count). The van der Waals surface area contributed by atoms with Crippen LogP contribution >= 0.6 is 0 Å². The highest BCUT2D eigenvalue weighted by atomic mass is 16.3. The molecule has 0 aliphatic rings. The van der Waals surface area contributed by atoms with Crippen LogP contribution in [-0.4, -0.2) is 15.1 Å². The van der Waals surface area contributed by atoms with E-state index in [2.05, 4.69) is 9.97 Å². The second kappa shape index (κ2) is 5.91. The molecule has 0 spiro atoms. The van der Waals surface area contributed by atoms with Gasteiger partial charge in [-0.2, -0.15) is 0 Å². The first-order chi connectivity index (χ1) is 11.7. The number of H-pyrrole nitrogens is 1. The first kappa shape index (κ1) is 14.6. The van der Waals surface area contributed by atoms with Crippen LogP contribution in [0.25, 0.3) is 21.7 Å². The van der Waals surface area contributed by atoms with Crippen LogP contribution in [0.1, 0.15) is 17.5 Å². The number of aromatic amines is 1. The van der Waals surface area contributed by atoms with Crippen LogP contribution in [0.3, 0.4) is 0 Å². The van der Waals surface area contributed by atoms with E-state index in [-0.39, 0.29) is 12.0 Å². The van der Waals surface area contributed by atoms with Crippen molar-refractivity contribution in [2.45, 2.75) is 12.5 Å². The van der Waals surface area contributed by atoms with Crippen LogP contribution in [0, 0.1) is 0 Å². The van der Waals surface area contributed by atoms with Crippen LogP contribution in [0.4, 0.5) is 0 Å². The maximum atomic E-state index is 12.1. The molecule has 1 atom stereocenters. The number of aliphatic hydroxyl groups excluding tert-OH is 1. The van der Waals surface area contributed by atoms with Crippen molar-refractivity contribution in [1.82, 2.24) is 9.97 Å². The first-order valence-corrected chi connectivity index (χ1v) is 7.85. The smallest absolute Gasteiger partial charge is 0.258 e. The van der Waals surface area contributed by atoms with Crippen molar-refractivity contribution < 1.29 is 5.11 Å². The van der Waals surface area contributed by atoms with Crippen molar-refractivity contribution in [2.75, 3.05) is 0 Å². The van der Waals surface area contributed by atoms with Crippen LogP contribution < -0.4 is 5.56 Å². The van der Waals surface area contributed by atoms with Gasteiger partial charge in [-0.05, 0) is 34.5 Å². The van der Waals surface area contributed by atoms with Crippen molar-refractivity contribution in [3.8, 4) is 0 Å². The van der Waals surface area contributed by atoms with E-state index in [4.69, 9.17) is 0 Å². The third-order valence-electron chi connectivity index (χ3n) is 4.21. The van der Waals surface area contributed by atoms with E-state index >= 15 is 0 Å². The van der Waals surface area contributed by atoms with Gasteiger partial charge in [-0.25, -0.2) is 4.98 Å². The zero-order valence-corrected chi connectivity index (χ0v) is 12.9. The standard InChI is InChI=1S/C20H16N2O2/c23-18(15-10-9-13-5-1-2-6-14(13)11-15)12-19-21-17-8-4-3-7-16(17)20(24)22-19/h1-11,18,23H,12H2,(H,21,22,24). The Morgan fingerprint density at radius 1 is 0.958 bits per heavy atom. The molecule has 1 aromatic heterocycles. The number of hydrogen-bond acceptors (Lipinski definition) is 3. The van der Waals surface area contributed by atoms with Crippen molar-refractivity contribution in [2.24, 2.45) is 0 Å². The van der Waals surface area contributed by atoms with Gasteiger partial charge in [0.05, 0.1) is 17.0 Å². The number of nitrogens with one attached hydrogen (secondary N) is 1. The second-order valence-electron chi connectivity index (χ2n) is 5.86. The van der Waals surface area contributed by atoms with Gasteiger partial charge in [0.1, 0.15) is 5.82 Å². The molecule has 4 heteroatoms. The zero-order chi connectivity index (χ0) is 16.5. The molecular formula is C20H16N2O2. The van der Waals surface area contributed by atoms with Crippen molar-refractivity contribution in [1.29, 1.82) is 0 Å². The van der Waals surface area contributed by atoms with E-state index in [1.165, 1.54) is 0 Å². The van der Waals surface area contributed by atoms with Crippen molar-refractivity contribution in [3.63, 3.8) is 0 Å². The SMILES string of the molecule is O=c1[nH]c(CC(O)c2ccc3ccccc3c2)nc2ccccc12. The lowest BCUT2D eigenvalue weighted by atomic mass is 10.0. The van der Waals surface area contributed by atoms with Gasteiger partial charge < -0.3 is 10.1 Å². The molecule has 4 aromatic rings. The average molecular weight is 316 g/mol. The maximum absolute atomic E-state index is 12.1. The fourth-order valence-electron chi connectivity index (χ4n) is 2.95. The summed E-state index contributed by atoms with van der Waals surface area (Å²) in [6.07, 6.45) is -0.461. The number of rotatable bonds is 3. The summed E-state index contributed by atoms with van der Waals surface area (Å²) in [5, 5.41) is 13.3. The minimum Gasteiger partial charge on any atom is -0.388 e. The summed E-state index contributed by atoms with van der Waals surface area (Å²) in [5.41, 5.74) is 1.27. The summed E-state index contributed by atoms with van der Waals surface area (Å²) in [6, 6.07) is 21.1. The fraction of sp³-hybridized carbons (Fsp3) is 0.100. The van der Waals surface area contributed by atoms with E-state index in [9.17, 15) is 9.90 Å². The van der Waals surface area contributed by atoms with Gasteiger partial charge in [0.15, 0.2) is 0 Å². The summed E-state index contributed by atoms with van der Waals surface area (Å²) >= 11 is 0. The van der Waals surface area contributed by atoms with Crippen molar-refractivity contribution in [3.05, 3.63) is 88.5 Å². The molecule has 3 aromatic carbocycles. The molecule has 1 unspecified atom stereocenters. The summed E-state index contributed by atoms with van der Waals surface area (Å²) < 4.78 is 0. The van der Waals surface area contributed by atoms with E-state index in [1.54, 1.807) is 12.1 Å². The normalized spacial score (nSPS) is 12.5. The molecule has 2 N–H and O–H groups in total. The summed E-state index contributed by atoms with van der Waals surface area (Å²) in [6.45, 7) is 0. The highest BCUT2D eigenvalue weighted by Crippen LogP contribution is 2.22. The zero-order valence-electron chi connectivity index (χ0n) is 12.9. The Hall–Kier alpha value is -2.98. The van der Waals surface area contributed by atoms with Gasteiger partial charge >= 0.3 is 0 Å². The predicted molar refractivity (Wildman–Crippen MR) is 95.0 cm³/mol. The van der Waals surface area contributed by atoms with E-state index < -0.39 is 6.10 Å². The molecule has 0 saturated heterocycles. The average Bonchev–Trinajstić information content (AvgIpc) is 2.61. The fourth-order valence-corrected chi connectivity index (χ4v) is 2.95. The van der Waals surface area contributed by atoms with E-state index in [0.717, 1.165) is 16.3 Å². The van der Waals surface area contributed by atoms with Crippen LogP contribution in [0.15, 0.2) is 71.5 Å². The summed E-state index contributed by atoms with van der Waals surface area (Å²) in [4.78, 5) is 19.3. The largest absolute Gasteiger partial charge is 0.388 e. The van der Waals surface area contributed by atoms with Crippen LogP contribution in [-0.2, 0) is 6.42 Å². The van der Waals surface area contributed by atoms with Gasteiger partial charge in [0, 0.05) is 6.42 Å². The van der Waals surface area contributed by atoms with Gasteiger partial charge in [0.25, 0.3) is 5.56 Å². The third-order valence-corrected chi connectivity index (χ3v) is 4.21. The Kier molecular flexibility index (Phi) is 3.59. The monoisotopic (exact) mass is 316 g/mol. The van der Waals surface area contributed by atoms with Crippen LogP contribution in [0.5, 0.6) is 0 Å². The Morgan fingerprint density at radius 3 is 2.58 bits per heavy atom. The van der Waals surface area contributed by atoms with Gasteiger partial charge in [-0.15, -0.1) is 0 Å². The molecule has 4 nitrogen and oxygen atoms in total. The molecule has 24 heavy (non-hydrogen) atoms. The number of aliphatic hydroxyl groups is 1. The number of aromatic nitrogens is 2. The minimum absolute atomic E-state index is 0.179. The molecular weight excluding hydrogens is 300 g/mol. The first-order valence-electron chi connectivity index (χ1n) is 7.85. The van der Waals surface area contributed by atoms with Gasteiger partial charge in [0.2, 0.25) is 0 Å². The van der Waals surface area contributed by atoms with Crippen LogP contribution in [0.2, 0.25) is 0 Å². The highest BCUT2D eigenvalue weighted by molar-refractivity contribution is 5.83. The lowest BCUT2D eigenvalue weighted by molar-refractivity contribution is 0.176. The molecule has 0 aliphatic carbocycles. The summed E-state index contributed by atoms with van der Waals surface area (Å²) in [7, 11) is 0. The predicted octanol–water partition coefficient (Wildman–Crippen LogP) is 3.35. The highest BCUT2D eigenvalue weighted by Gasteiger charge is 2.12. The van der Waals surface area contributed by atoms with Gasteiger partial charge in [-0.3, -0.25) is 4.79 Å². The molecule has 1 heterocycles. The van der Waals surface area contributed by atoms with E-state index in [0.29, 0.717) is 16.7 Å². The molecule has 0 fully saturated rings. The Morgan fingerprint density at radius 2 is 1.71 bits per heavy atom. The molecule has 0 amide bonds. The maximum Gasteiger partial charge on any atom is 0.258 e. The van der Waals surface area contributed by atoms with Gasteiger partial charge in [-0.1, -0.05) is 48.5 Å². The lowest BCUT2D eigenvalue weighted by Gasteiger charge is -2.12. The molecule has 118 valence electrons. The number of fused-ring (bicyclic) bond motifs is 2. The Bertz CT molecular complexity index is 1090. The van der Waals surface area contributed by atoms with E-state index in [1.807, 2.05) is 54.6 Å². The number of para-hydroxylation sites is 1. The van der Waals surface area contributed by atoms with Crippen molar-refractivity contribution >= 4 is 21.7 Å². The molecule has 0 bridgehead atoms. The molecule has 0 radical (unpaired) electrons. The number of hydrogen-bond donors (Lipinski definition) is 2. The Labute approximate surface area is 138 Å². The summed E-state index contributed by atoms with van der Waals surface area (Å²) in [5.74, 6) is 0.486. The Balaban J connectivity index is 1.67.